The molecular weight excluding hydrogens is 211 g/mol. The summed E-state index contributed by atoms with van der Waals surface area (Å²) in [7, 11) is 2.80. The number of hydrogen-bond donors (Lipinski definition) is 1. The van der Waals surface area contributed by atoms with Gasteiger partial charge < -0.3 is 14.7 Å². The van der Waals surface area contributed by atoms with Gasteiger partial charge in [0, 0.05) is 5.40 Å². The van der Waals surface area contributed by atoms with Crippen molar-refractivity contribution < 1.29 is 19.0 Å². The Balaban J connectivity index is 2.51. The molecule has 1 rings (SSSR count). The lowest BCUT2D eigenvalue weighted by Crippen LogP contribution is -2.72. The van der Waals surface area contributed by atoms with Crippen LogP contribution in [-0.2, 0) is 4.74 Å². The fourth-order valence-electron chi connectivity index (χ4n) is 1.40. The van der Waals surface area contributed by atoms with E-state index in [0.29, 0.717) is 0 Å². The molecule has 0 aromatic rings. The molecule has 0 atom stereocenters. The average Bonchev–Trinajstić information content (AvgIpc) is 1.92. The lowest BCUT2D eigenvalue weighted by molar-refractivity contribution is -0.100. The Hall–Kier alpha value is -0.710. The van der Waals surface area contributed by atoms with Crippen LogP contribution in [0.5, 0.6) is 0 Å². The number of hydrogen-bond acceptors (Lipinski definition) is 3. The molecule has 0 saturated carbocycles. The van der Waals surface area contributed by atoms with Crippen molar-refractivity contribution in [3.8, 4) is 0 Å². The first kappa shape index (κ1) is 13.4. The van der Waals surface area contributed by atoms with E-state index < -0.39 is 22.8 Å². The van der Waals surface area contributed by atoms with E-state index in [9.17, 15) is 14.3 Å². The van der Waals surface area contributed by atoms with Crippen LogP contribution in [0.1, 0.15) is 20.8 Å². The van der Waals surface area contributed by atoms with Crippen molar-refractivity contribution in [3.63, 3.8) is 0 Å². The predicted molar refractivity (Wildman–Crippen MR) is 63.7 cm³/mol. The molecule has 0 radical (unpaired) electrons. The third-order valence-electron chi connectivity index (χ3n) is 2.63. The quantitative estimate of drug-likeness (QED) is 0.578. The molecule has 1 amide bonds. The van der Waals surface area contributed by atoms with E-state index in [1.807, 2.05) is 0 Å². The third-order valence-corrected chi connectivity index (χ3v) is 2.63. The molecule has 0 spiro atoms. The number of aliphatic hydroxyl groups is 1. The van der Waals surface area contributed by atoms with E-state index in [1.54, 1.807) is 20.8 Å². The highest BCUT2D eigenvalue weighted by molar-refractivity contribution is 6.40. The van der Waals surface area contributed by atoms with Crippen LogP contribution < -0.4 is 0 Å². The Labute approximate surface area is 97.0 Å². The topological polar surface area (TPSA) is 49.8 Å². The lowest BCUT2D eigenvalue weighted by atomic mass is 9.54. The Kier molecular flexibility index (Phi) is 3.05. The zero-order chi connectivity index (χ0) is 12.8. The number of amides is 1. The minimum absolute atomic E-state index is 0.120. The summed E-state index contributed by atoms with van der Waals surface area (Å²) in [5.74, 6) is 0. The first-order valence-electron chi connectivity index (χ1n) is 5.34. The molecule has 4 nitrogen and oxygen atoms in total. The molecule has 1 fully saturated rings. The van der Waals surface area contributed by atoms with E-state index in [2.05, 4.69) is 0 Å². The minimum atomic E-state index is -1.73. The zero-order valence-electron chi connectivity index (χ0n) is 10.5. The number of halogens is 1. The molecule has 0 bridgehead atoms. The second kappa shape index (κ2) is 3.65. The van der Waals surface area contributed by atoms with E-state index in [0.717, 1.165) is 0 Å². The first-order chi connectivity index (χ1) is 6.95. The summed E-state index contributed by atoms with van der Waals surface area (Å²) in [5.41, 5.74) is -2.32. The van der Waals surface area contributed by atoms with Gasteiger partial charge in [0.25, 0.3) is 0 Å². The maximum Gasteiger partial charge on any atom is 0.410 e. The Morgan fingerprint density at radius 2 is 1.88 bits per heavy atom. The summed E-state index contributed by atoms with van der Waals surface area (Å²) in [4.78, 5) is 12.8. The summed E-state index contributed by atoms with van der Waals surface area (Å²) in [6.45, 7) is 5.02. The summed E-state index contributed by atoms with van der Waals surface area (Å²) in [5, 5.41) is 8.14. The summed E-state index contributed by atoms with van der Waals surface area (Å²) in [6, 6.07) is 0. The van der Waals surface area contributed by atoms with Gasteiger partial charge in [-0.25, -0.2) is 9.18 Å². The van der Waals surface area contributed by atoms with Crippen molar-refractivity contribution in [2.24, 2.45) is 0 Å². The van der Waals surface area contributed by atoms with Gasteiger partial charge >= 0.3 is 6.09 Å². The second-order valence-corrected chi connectivity index (χ2v) is 5.86. The highest BCUT2D eigenvalue weighted by Gasteiger charge is 2.55. The average molecular weight is 229 g/mol. The van der Waals surface area contributed by atoms with Crippen LogP contribution in [0, 0.1) is 0 Å². The summed E-state index contributed by atoms with van der Waals surface area (Å²) >= 11 is 0. The third kappa shape index (κ3) is 2.70. The van der Waals surface area contributed by atoms with E-state index in [4.69, 9.17) is 4.74 Å². The molecular formula is C9H18B2FNO3. The van der Waals surface area contributed by atoms with Crippen molar-refractivity contribution in [1.82, 2.24) is 4.90 Å². The van der Waals surface area contributed by atoms with Crippen LogP contribution in [-0.4, -0.2) is 61.6 Å². The molecule has 1 heterocycles. The van der Waals surface area contributed by atoms with Crippen LogP contribution in [0.15, 0.2) is 0 Å². The van der Waals surface area contributed by atoms with Gasteiger partial charge in [0.15, 0.2) is 5.67 Å². The predicted octanol–water partition coefficient (Wildman–Crippen LogP) is -1.14. The maximum absolute atomic E-state index is 14.0. The number of carbonyl (C=O) groups is 1. The van der Waals surface area contributed by atoms with Crippen molar-refractivity contribution in [3.05, 3.63) is 0 Å². The van der Waals surface area contributed by atoms with Crippen molar-refractivity contribution in [2.75, 3.05) is 13.1 Å². The van der Waals surface area contributed by atoms with Gasteiger partial charge in [-0.05, 0) is 20.8 Å². The van der Waals surface area contributed by atoms with Crippen molar-refractivity contribution in [1.29, 1.82) is 0 Å². The normalized spacial score (nSPS) is 20.2. The van der Waals surface area contributed by atoms with Crippen LogP contribution in [0.3, 0.4) is 0 Å². The number of alkyl halides is 1. The molecule has 16 heavy (non-hydrogen) atoms. The second-order valence-electron chi connectivity index (χ2n) is 5.86. The van der Waals surface area contributed by atoms with Gasteiger partial charge in [0.1, 0.15) is 21.3 Å². The molecule has 1 N–H and O–H groups in total. The van der Waals surface area contributed by atoms with E-state index in [-0.39, 0.29) is 13.1 Å². The minimum Gasteiger partial charge on any atom is -0.444 e. The van der Waals surface area contributed by atoms with Gasteiger partial charge in [-0.3, -0.25) is 0 Å². The van der Waals surface area contributed by atoms with Gasteiger partial charge in [-0.15, -0.1) is 0 Å². The SMILES string of the molecule is BC(B)(O)C1(F)CN(C(=O)OC(C)(C)C)C1. The largest absolute Gasteiger partial charge is 0.444 e. The number of ether oxygens (including phenoxy) is 1. The number of carbonyl (C=O) groups excluding carboxylic acids is 1. The van der Waals surface area contributed by atoms with Crippen LogP contribution in [0.2, 0.25) is 0 Å². The Morgan fingerprint density at radius 1 is 1.44 bits per heavy atom. The fourth-order valence-corrected chi connectivity index (χ4v) is 1.40. The number of nitrogens with zero attached hydrogens (tertiary/aromatic N) is 1. The highest BCUT2D eigenvalue weighted by atomic mass is 19.1. The molecule has 0 aliphatic carbocycles. The zero-order valence-corrected chi connectivity index (χ0v) is 10.5. The van der Waals surface area contributed by atoms with Crippen molar-refractivity contribution in [2.45, 2.75) is 37.4 Å². The van der Waals surface area contributed by atoms with Gasteiger partial charge in [-0.2, -0.15) is 0 Å². The Bertz CT molecular complexity index is 292. The monoisotopic (exact) mass is 229 g/mol. The van der Waals surface area contributed by atoms with Gasteiger partial charge in [-0.1, -0.05) is 0 Å². The Morgan fingerprint density at radius 3 is 2.19 bits per heavy atom. The van der Waals surface area contributed by atoms with Crippen LogP contribution in [0.4, 0.5) is 9.18 Å². The number of likely N-dealkylation sites (tertiary alicyclic amines) is 1. The summed E-state index contributed by atoms with van der Waals surface area (Å²) in [6.07, 6.45) is -0.537. The first-order valence-corrected chi connectivity index (χ1v) is 5.34. The molecule has 1 aliphatic rings. The standard InChI is InChI=1S/C9H18B2FNO3/c1-7(2,3)16-6(14)13-4-8(12,5-13)9(10,11)15/h15H,4-5,10-11H2,1-3H3. The molecule has 90 valence electrons. The smallest absolute Gasteiger partial charge is 0.410 e. The maximum atomic E-state index is 14.0. The molecule has 7 heteroatoms. The van der Waals surface area contributed by atoms with Gasteiger partial charge in [0.2, 0.25) is 0 Å². The number of rotatable bonds is 1. The fraction of sp³-hybridized carbons (Fsp3) is 0.889. The summed E-state index contributed by atoms with van der Waals surface area (Å²) < 4.78 is 19.0. The molecule has 0 unspecified atom stereocenters. The van der Waals surface area contributed by atoms with E-state index in [1.165, 1.54) is 20.6 Å². The molecule has 0 aromatic carbocycles. The lowest BCUT2D eigenvalue weighted by Gasteiger charge is -2.50. The molecule has 0 aromatic heterocycles. The van der Waals surface area contributed by atoms with Crippen molar-refractivity contribution >= 4 is 21.8 Å². The van der Waals surface area contributed by atoms with Crippen LogP contribution in [0.25, 0.3) is 0 Å². The highest BCUT2D eigenvalue weighted by Crippen LogP contribution is 2.33. The van der Waals surface area contributed by atoms with E-state index >= 15 is 0 Å². The van der Waals surface area contributed by atoms with Crippen LogP contribution >= 0.6 is 0 Å². The molecule has 1 saturated heterocycles. The van der Waals surface area contributed by atoms with Gasteiger partial charge in [0.05, 0.1) is 13.1 Å². The molecule has 1 aliphatic heterocycles.